The molecule has 0 radical (unpaired) electrons. The monoisotopic (exact) mass is 553 g/mol. The molecule has 2 aromatic carbocycles. The Morgan fingerprint density at radius 1 is 1.13 bits per heavy atom. The van der Waals surface area contributed by atoms with Crippen LogP contribution in [-0.4, -0.2) is 80.2 Å². The highest BCUT2D eigenvalue weighted by Gasteiger charge is 2.67. The average Bonchev–Trinajstić information content (AvgIpc) is 3.58. The Labute approximate surface area is 227 Å². The Morgan fingerprint density at radius 3 is 2.54 bits per heavy atom. The van der Waals surface area contributed by atoms with Gasteiger partial charge in [-0.15, -0.1) is 0 Å². The quantitative estimate of drug-likeness (QED) is 0.317. The van der Waals surface area contributed by atoms with E-state index in [-0.39, 0.29) is 28.7 Å². The van der Waals surface area contributed by atoms with E-state index in [2.05, 4.69) is 0 Å². The smallest absolute Gasteiger partial charge is 0.296 e. The van der Waals surface area contributed by atoms with E-state index < -0.39 is 38.9 Å². The normalized spacial score (nSPS) is 24.4. The van der Waals surface area contributed by atoms with Gasteiger partial charge < -0.3 is 19.6 Å². The number of aliphatic hydroxyl groups excluding tert-OH is 1. The Balaban J connectivity index is 1.78. The number of benzene rings is 2. The van der Waals surface area contributed by atoms with Gasteiger partial charge in [-0.25, -0.2) is 12.7 Å². The van der Waals surface area contributed by atoms with Crippen molar-refractivity contribution in [1.29, 1.82) is 0 Å². The molecular weight excluding hydrogens is 522 g/mol. The number of carbonyl (C=O) groups is 3. The number of Topliss-reactive ketones (excluding diaryl/α,β-unsaturated/α-hetero) is 1. The average molecular weight is 554 g/mol. The Morgan fingerprint density at radius 2 is 1.87 bits per heavy atom. The molecule has 0 aliphatic carbocycles. The van der Waals surface area contributed by atoms with Gasteiger partial charge in [-0.3, -0.25) is 14.4 Å². The Hall–Kier alpha value is -3.54. The molecule has 0 saturated carbocycles. The first kappa shape index (κ1) is 27.0. The number of nitrogens with zero attached hydrogens (tertiary/aromatic N) is 3. The summed E-state index contributed by atoms with van der Waals surface area (Å²) in [6.45, 7) is 2.77. The summed E-state index contributed by atoms with van der Waals surface area (Å²) in [7, 11) is -1.10. The second-order valence-electron chi connectivity index (χ2n) is 10.1. The van der Waals surface area contributed by atoms with Crippen molar-refractivity contribution >= 4 is 39.1 Å². The number of hydrogen-bond acceptors (Lipinski definition) is 7. The fourth-order valence-electron chi connectivity index (χ4n) is 5.71. The van der Waals surface area contributed by atoms with Crippen LogP contribution in [0.15, 0.2) is 59.0 Å². The van der Waals surface area contributed by atoms with E-state index in [1.165, 1.54) is 43.3 Å². The van der Waals surface area contributed by atoms with Crippen molar-refractivity contribution in [1.82, 2.24) is 9.21 Å². The van der Waals surface area contributed by atoms with Crippen LogP contribution in [0.2, 0.25) is 0 Å². The number of carbonyl (C=O) groups excluding carboxylic acids is 3. The second kappa shape index (κ2) is 9.89. The van der Waals surface area contributed by atoms with Crippen LogP contribution in [0.3, 0.4) is 0 Å². The van der Waals surface area contributed by atoms with Crippen LogP contribution < -0.4 is 4.90 Å². The lowest BCUT2D eigenvalue weighted by atomic mass is 9.81. The summed E-state index contributed by atoms with van der Waals surface area (Å²) in [4.78, 5) is 44.5. The van der Waals surface area contributed by atoms with Crippen molar-refractivity contribution in [2.45, 2.75) is 42.7 Å². The number of fused-ring (bicyclic) bond motifs is 2. The van der Waals surface area contributed by atoms with Crippen LogP contribution >= 0.6 is 0 Å². The minimum atomic E-state index is -3.86. The largest absolute Gasteiger partial charge is 0.507 e. The summed E-state index contributed by atoms with van der Waals surface area (Å²) in [6.07, 6.45) is 1.72. The molecule has 2 fully saturated rings. The lowest BCUT2D eigenvalue weighted by Crippen LogP contribution is -2.53. The van der Waals surface area contributed by atoms with Crippen LogP contribution in [-0.2, 0) is 34.7 Å². The van der Waals surface area contributed by atoms with Crippen molar-refractivity contribution in [3.63, 3.8) is 0 Å². The fraction of sp³-hybridized carbons (Fsp3) is 0.393. The molecule has 2 amide bonds. The van der Waals surface area contributed by atoms with Gasteiger partial charge in [0, 0.05) is 44.9 Å². The number of likely N-dealkylation sites (tertiary alicyclic amines) is 1. The van der Waals surface area contributed by atoms with Crippen LogP contribution in [0.5, 0.6) is 0 Å². The molecule has 2 unspecified atom stereocenters. The van der Waals surface area contributed by atoms with Crippen molar-refractivity contribution in [3.05, 3.63) is 65.2 Å². The number of rotatable bonds is 7. The van der Waals surface area contributed by atoms with E-state index in [9.17, 15) is 27.9 Å². The number of hydrogen-bond donors (Lipinski definition) is 1. The zero-order valence-electron chi connectivity index (χ0n) is 22.1. The van der Waals surface area contributed by atoms with Gasteiger partial charge in [0.05, 0.1) is 22.3 Å². The first-order valence-corrected chi connectivity index (χ1v) is 14.4. The molecule has 2 saturated heterocycles. The van der Waals surface area contributed by atoms with Crippen LogP contribution in [0.4, 0.5) is 5.69 Å². The number of para-hydroxylation sites is 1. The highest BCUT2D eigenvalue weighted by Crippen LogP contribution is 2.54. The molecule has 0 aromatic heterocycles. The molecule has 1 N–H and O–H groups in total. The van der Waals surface area contributed by atoms with E-state index in [1.807, 2.05) is 6.92 Å². The predicted octanol–water partition coefficient (Wildman–Crippen LogP) is 2.45. The molecule has 1 spiro atoms. The highest BCUT2D eigenvalue weighted by molar-refractivity contribution is 7.89. The summed E-state index contributed by atoms with van der Waals surface area (Å²) in [5.74, 6) is -3.04. The van der Waals surface area contributed by atoms with Crippen molar-refractivity contribution in [3.8, 4) is 0 Å². The molecule has 39 heavy (non-hydrogen) atoms. The summed E-state index contributed by atoms with van der Waals surface area (Å²) >= 11 is 0. The van der Waals surface area contributed by atoms with Gasteiger partial charge in [0.15, 0.2) is 5.54 Å². The summed E-state index contributed by atoms with van der Waals surface area (Å²) in [5.41, 5.74) is -1.31. The van der Waals surface area contributed by atoms with Gasteiger partial charge in [0.1, 0.15) is 5.76 Å². The van der Waals surface area contributed by atoms with Crippen LogP contribution in [0.25, 0.3) is 5.76 Å². The van der Waals surface area contributed by atoms with Crippen molar-refractivity contribution < 1.29 is 32.6 Å². The van der Waals surface area contributed by atoms with Gasteiger partial charge in [-0.05, 0) is 37.5 Å². The van der Waals surface area contributed by atoms with E-state index in [0.29, 0.717) is 37.2 Å². The summed E-state index contributed by atoms with van der Waals surface area (Å²) in [6, 6.07) is 12.4. The van der Waals surface area contributed by atoms with E-state index >= 15 is 0 Å². The van der Waals surface area contributed by atoms with E-state index in [0.717, 1.165) is 10.7 Å². The zero-order valence-corrected chi connectivity index (χ0v) is 22.9. The molecule has 206 valence electrons. The number of amides is 2. The van der Waals surface area contributed by atoms with Gasteiger partial charge in [-0.1, -0.05) is 37.3 Å². The summed E-state index contributed by atoms with van der Waals surface area (Å²) in [5, 5.41) is 11.7. The Bertz CT molecular complexity index is 1490. The van der Waals surface area contributed by atoms with Crippen molar-refractivity contribution in [2.75, 3.05) is 38.7 Å². The maximum atomic E-state index is 14.4. The van der Waals surface area contributed by atoms with Gasteiger partial charge >= 0.3 is 0 Å². The number of aliphatic hydroxyl groups is 1. The third-order valence-corrected chi connectivity index (χ3v) is 9.36. The molecule has 10 nitrogen and oxygen atoms in total. The van der Waals surface area contributed by atoms with E-state index in [4.69, 9.17) is 4.74 Å². The molecule has 3 aliphatic heterocycles. The number of sulfonamides is 1. The van der Waals surface area contributed by atoms with Gasteiger partial charge in [0.25, 0.3) is 17.6 Å². The second-order valence-corrected chi connectivity index (χ2v) is 12.3. The number of ether oxygens (including phenoxy) is 1. The topological polar surface area (TPSA) is 125 Å². The molecule has 3 aliphatic rings. The maximum Gasteiger partial charge on any atom is 0.296 e. The van der Waals surface area contributed by atoms with E-state index in [1.54, 1.807) is 29.2 Å². The third-order valence-electron chi connectivity index (χ3n) is 7.55. The molecule has 2 aromatic rings. The molecule has 2 atom stereocenters. The van der Waals surface area contributed by atoms with Gasteiger partial charge in [-0.2, -0.15) is 0 Å². The third kappa shape index (κ3) is 3.98. The first-order valence-electron chi connectivity index (χ1n) is 12.9. The summed E-state index contributed by atoms with van der Waals surface area (Å²) < 4.78 is 32.4. The lowest BCUT2D eigenvalue weighted by Gasteiger charge is -2.35. The molecule has 11 heteroatoms. The van der Waals surface area contributed by atoms with Crippen LogP contribution in [0.1, 0.15) is 37.3 Å². The minimum absolute atomic E-state index is 0.00353. The lowest BCUT2D eigenvalue weighted by molar-refractivity contribution is -0.145. The van der Waals surface area contributed by atoms with Gasteiger partial charge in [0.2, 0.25) is 10.0 Å². The molecular formula is C28H31N3O7S. The standard InChI is InChI=1S/C28H31N3O7S/c1-4-14-30-22-13-6-5-12-21(22)28(27(30)35)23(25(33)26(34)31(28)17-19-10-8-15-38-19)24(32)18-9-7-11-20(16-18)39(36,37)29(2)3/h5-7,9,11-13,16,19,32H,4,8,10,14-15,17H2,1-3H3/b24-23+. The SMILES string of the molecule is CCCN1C(=O)C2(/C(=C(/O)c3cccc(S(=O)(=O)N(C)C)c3)C(=O)C(=O)N2CC2CCCO2)c2ccccc21. The van der Waals surface area contributed by atoms with Crippen molar-refractivity contribution in [2.24, 2.45) is 0 Å². The Kier molecular flexibility index (Phi) is 6.86. The number of ketones is 1. The molecule has 3 heterocycles. The van der Waals surface area contributed by atoms with Crippen LogP contribution in [0, 0.1) is 0 Å². The zero-order chi connectivity index (χ0) is 28.1. The first-order chi connectivity index (χ1) is 18.6. The highest BCUT2D eigenvalue weighted by atomic mass is 32.2. The minimum Gasteiger partial charge on any atom is -0.507 e. The predicted molar refractivity (Wildman–Crippen MR) is 143 cm³/mol. The fourth-order valence-corrected chi connectivity index (χ4v) is 6.66. The molecule has 5 rings (SSSR count). The maximum absolute atomic E-state index is 14.4. The molecule has 0 bridgehead atoms. The number of anilines is 1.